The van der Waals surface area contributed by atoms with Crippen molar-refractivity contribution in [2.24, 2.45) is 0 Å². The van der Waals surface area contributed by atoms with Crippen molar-refractivity contribution in [3.05, 3.63) is 24.3 Å². The van der Waals surface area contributed by atoms with Crippen LogP contribution in [0.25, 0.3) is 10.9 Å². The van der Waals surface area contributed by atoms with E-state index in [-0.39, 0.29) is 11.2 Å². The number of hydrogen-bond donors (Lipinski definition) is 1. The van der Waals surface area contributed by atoms with Gasteiger partial charge in [-0.2, -0.15) is 0 Å². The summed E-state index contributed by atoms with van der Waals surface area (Å²) in [6.07, 6.45) is 2.22. The summed E-state index contributed by atoms with van der Waals surface area (Å²) in [5, 5.41) is 4.79. The Labute approximate surface area is 140 Å². The van der Waals surface area contributed by atoms with Gasteiger partial charge in [0.2, 0.25) is 5.91 Å². The van der Waals surface area contributed by atoms with Crippen LogP contribution in [0.1, 0.15) is 26.7 Å². The Kier molecular flexibility index (Phi) is 5.00. The zero-order valence-corrected chi connectivity index (χ0v) is 14.4. The Balaban J connectivity index is 1.83. The fourth-order valence-electron chi connectivity index (χ4n) is 2.81. The molecule has 0 spiro atoms. The van der Waals surface area contributed by atoms with Crippen LogP contribution in [0.5, 0.6) is 0 Å². The molecule has 1 aliphatic rings. The van der Waals surface area contributed by atoms with Gasteiger partial charge in [0, 0.05) is 25.0 Å². The quantitative estimate of drug-likeness (QED) is 0.674. The molecule has 2 aromatic rings. The Bertz CT molecular complexity index is 700. The fraction of sp³-hybridized carbons (Fsp3) is 0.471. The molecule has 0 unspecified atom stereocenters. The van der Waals surface area contributed by atoms with Crippen molar-refractivity contribution in [3.63, 3.8) is 0 Å². The maximum absolute atomic E-state index is 12.5. The van der Waals surface area contributed by atoms with E-state index in [4.69, 9.17) is 0 Å². The SMILES string of the molecule is CCNc1nc(S[C@@H](C)C(=O)N2CCCC2)nc2ccccc12. The van der Waals surface area contributed by atoms with Crippen LogP contribution in [0.2, 0.25) is 0 Å². The fourth-order valence-corrected chi connectivity index (χ4v) is 3.67. The largest absolute Gasteiger partial charge is 0.370 e. The number of carbonyl (C=O) groups excluding carboxylic acids is 1. The third kappa shape index (κ3) is 3.58. The molecule has 1 atom stereocenters. The van der Waals surface area contributed by atoms with Gasteiger partial charge < -0.3 is 10.2 Å². The Morgan fingerprint density at radius 3 is 2.78 bits per heavy atom. The van der Waals surface area contributed by atoms with Crippen molar-refractivity contribution < 1.29 is 4.79 Å². The van der Waals surface area contributed by atoms with Gasteiger partial charge in [-0.05, 0) is 38.8 Å². The van der Waals surface area contributed by atoms with Crippen LogP contribution in [0, 0.1) is 0 Å². The minimum Gasteiger partial charge on any atom is -0.370 e. The van der Waals surface area contributed by atoms with Crippen molar-refractivity contribution in [3.8, 4) is 0 Å². The van der Waals surface area contributed by atoms with Crippen LogP contribution in [0.4, 0.5) is 5.82 Å². The highest BCUT2D eigenvalue weighted by Crippen LogP contribution is 2.27. The molecule has 2 heterocycles. The van der Waals surface area contributed by atoms with E-state index in [1.807, 2.05) is 43.0 Å². The smallest absolute Gasteiger partial charge is 0.235 e. The van der Waals surface area contributed by atoms with Gasteiger partial charge >= 0.3 is 0 Å². The van der Waals surface area contributed by atoms with Crippen LogP contribution in [-0.4, -0.2) is 45.7 Å². The van der Waals surface area contributed by atoms with Gasteiger partial charge in [-0.15, -0.1) is 0 Å². The second-order valence-electron chi connectivity index (χ2n) is 5.69. The van der Waals surface area contributed by atoms with Crippen LogP contribution in [-0.2, 0) is 4.79 Å². The molecule has 1 aliphatic heterocycles. The number of hydrogen-bond acceptors (Lipinski definition) is 5. The van der Waals surface area contributed by atoms with Gasteiger partial charge in [0.25, 0.3) is 0 Å². The molecular formula is C17H22N4OS. The number of benzene rings is 1. The van der Waals surface area contributed by atoms with Crippen molar-refractivity contribution in [2.45, 2.75) is 37.1 Å². The van der Waals surface area contributed by atoms with E-state index in [0.717, 1.165) is 49.2 Å². The van der Waals surface area contributed by atoms with Gasteiger partial charge in [-0.1, -0.05) is 23.9 Å². The molecule has 122 valence electrons. The summed E-state index contributed by atoms with van der Waals surface area (Å²) < 4.78 is 0. The molecule has 23 heavy (non-hydrogen) atoms. The van der Waals surface area contributed by atoms with Crippen molar-refractivity contribution in [1.29, 1.82) is 0 Å². The molecule has 1 amide bonds. The van der Waals surface area contributed by atoms with E-state index in [9.17, 15) is 4.79 Å². The molecular weight excluding hydrogens is 308 g/mol. The van der Waals surface area contributed by atoms with Gasteiger partial charge in [0.05, 0.1) is 10.8 Å². The highest BCUT2D eigenvalue weighted by atomic mass is 32.2. The second-order valence-corrected chi connectivity index (χ2v) is 7.00. The zero-order valence-electron chi connectivity index (χ0n) is 13.6. The summed E-state index contributed by atoms with van der Waals surface area (Å²) in [6.45, 7) is 6.54. The second kappa shape index (κ2) is 7.17. The third-order valence-corrected chi connectivity index (χ3v) is 4.92. The summed E-state index contributed by atoms with van der Waals surface area (Å²) in [5.41, 5.74) is 0.904. The number of likely N-dealkylation sites (tertiary alicyclic amines) is 1. The number of rotatable bonds is 5. The lowest BCUT2D eigenvalue weighted by Gasteiger charge is -2.19. The number of nitrogens with zero attached hydrogens (tertiary/aromatic N) is 3. The average Bonchev–Trinajstić information content (AvgIpc) is 3.09. The monoisotopic (exact) mass is 330 g/mol. The molecule has 0 radical (unpaired) electrons. The van der Waals surface area contributed by atoms with Gasteiger partial charge in [-0.25, -0.2) is 9.97 Å². The summed E-state index contributed by atoms with van der Waals surface area (Å²) in [6, 6.07) is 7.95. The standard InChI is InChI=1S/C17H22N4OS/c1-3-18-15-13-8-4-5-9-14(13)19-17(20-15)23-12(2)16(22)21-10-6-7-11-21/h4-5,8-9,12H,3,6-7,10-11H2,1-2H3,(H,18,19,20)/t12-/m0/s1. The first-order valence-corrected chi connectivity index (χ1v) is 9.03. The van der Waals surface area contributed by atoms with Crippen molar-refractivity contribution in [1.82, 2.24) is 14.9 Å². The van der Waals surface area contributed by atoms with E-state index in [1.165, 1.54) is 11.8 Å². The van der Waals surface area contributed by atoms with Crippen molar-refractivity contribution >= 4 is 34.4 Å². The van der Waals surface area contributed by atoms with Crippen LogP contribution < -0.4 is 5.32 Å². The molecule has 1 N–H and O–H groups in total. The lowest BCUT2D eigenvalue weighted by atomic mass is 10.2. The Morgan fingerprint density at radius 2 is 2.04 bits per heavy atom. The first-order chi connectivity index (χ1) is 11.2. The number of anilines is 1. The molecule has 0 aliphatic carbocycles. The number of carbonyl (C=O) groups is 1. The molecule has 1 saturated heterocycles. The minimum atomic E-state index is -0.163. The summed E-state index contributed by atoms with van der Waals surface area (Å²) in [5.74, 6) is 1.02. The number of fused-ring (bicyclic) bond motifs is 1. The van der Waals surface area contributed by atoms with Gasteiger partial charge in [0.1, 0.15) is 5.82 Å². The lowest BCUT2D eigenvalue weighted by Crippen LogP contribution is -2.34. The minimum absolute atomic E-state index is 0.163. The van der Waals surface area contributed by atoms with Gasteiger partial charge in [-0.3, -0.25) is 4.79 Å². The van der Waals surface area contributed by atoms with E-state index < -0.39 is 0 Å². The van der Waals surface area contributed by atoms with Gasteiger partial charge in [0.15, 0.2) is 5.16 Å². The predicted octanol–water partition coefficient (Wildman–Crippen LogP) is 3.16. The van der Waals surface area contributed by atoms with E-state index in [2.05, 4.69) is 15.3 Å². The molecule has 0 saturated carbocycles. The average molecular weight is 330 g/mol. The number of nitrogens with one attached hydrogen (secondary N) is 1. The lowest BCUT2D eigenvalue weighted by molar-refractivity contribution is -0.129. The summed E-state index contributed by atoms with van der Waals surface area (Å²) in [4.78, 5) is 23.6. The van der Waals surface area contributed by atoms with E-state index in [0.29, 0.717) is 5.16 Å². The van der Waals surface area contributed by atoms with Crippen LogP contribution in [0.15, 0.2) is 29.4 Å². The first kappa shape index (κ1) is 16.1. The summed E-state index contributed by atoms with van der Waals surface area (Å²) in [7, 11) is 0. The zero-order chi connectivity index (χ0) is 16.2. The normalized spacial score (nSPS) is 15.8. The Morgan fingerprint density at radius 1 is 1.30 bits per heavy atom. The van der Waals surface area contributed by atoms with E-state index >= 15 is 0 Å². The molecule has 1 aromatic carbocycles. The highest BCUT2D eigenvalue weighted by Gasteiger charge is 2.25. The predicted molar refractivity (Wildman–Crippen MR) is 94.8 cm³/mol. The maximum Gasteiger partial charge on any atom is 0.235 e. The third-order valence-electron chi connectivity index (χ3n) is 3.97. The van der Waals surface area contributed by atoms with Crippen LogP contribution in [0.3, 0.4) is 0 Å². The first-order valence-electron chi connectivity index (χ1n) is 8.15. The highest BCUT2D eigenvalue weighted by molar-refractivity contribution is 8.00. The maximum atomic E-state index is 12.5. The molecule has 1 fully saturated rings. The number of para-hydroxylation sites is 1. The molecule has 6 heteroatoms. The van der Waals surface area contributed by atoms with Crippen molar-refractivity contribution in [2.75, 3.05) is 25.0 Å². The number of amides is 1. The molecule has 3 rings (SSSR count). The molecule has 1 aromatic heterocycles. The molecule has 0 bridgehead atoms. The molecule has 5 nitrogen and oxygen atoms in total. The summed E-state index contributed by atoms with van der Waals surface area (Å²) >= 11 is 1.44. The number of thioether (sulfide) groups is 1. The Hall–Kier alpha value is -1.82. The topological polar surface area (TPSA) is 58.1 Å². The van der Waals surface area contributed by atoms with Crippen LogP contribution >= 0.6 is 11.8 Å². The van der Waals surface area contributed by atoms with E-state index in [1.54, 1.807) is 0 Å². The number of aromatic nitrogens is 2.